The van der Waals surface area contributed by atoms with Crippen LogP contribution >= 0.6 is 15.9 Å². The molecule has 2 N–H and O–H groups in total. The molecule has 0 amide bonds. The SMILES string of the molecule is O=C(O)/C=C/c1cn(CCC(=O)O)nc1-c1cccc(Br)c1. The van der Waals surface area contributed by atoms with Gasteiger partial charge in [-0.2, -0.15) is 5.10 Å². The maximum Gasteiger partial charge on any atom is 0.328 e. The molecule has 1 aromatic heterocycles. The number of hydrogen-bond acceptors (Lipinski definition) is 3. The highest BCUT2D eigenvalue weighted by atomic mass is 79.9. The fourth-order valence-electron chi connectivity index (χ4n) is 1.90. The Bertz CT molecular complexity index is 737. The summed E-state index contributed by atoms with van der Waals surface area (Å²) in [6.07, 6.45) is 4.06. The molecule has 0 aliphatic rings. The highest BCUT2D eigenvalue weighted by Crippen LogP contribution is 2.26. The van der Waals surface area contributed by atoms with E-state index in [9.17, 15) is 9.59 Å². The van der Waals surface area contributed by atoms with Gasteiger partial charge in [-0.15, -0.1) is 0 Å². The average Bonchev–Trinajstić information content (AvgIpc) is 2.86. The number of aryl methyl sites for hydroxylation is 1. The first-order chi connectivity index (χ1) is 10.5. The minimum atomic E-state index is -1.06. The number of rotatable bonds is 6. The number of aromatic nitrogens is 2. The Morgan fingerprint density at radius 2 is 2.09 bits per heavy atom. The van der Waals surface area contributed by atoms with Crippen LogP contribution in [0.2, 0.25) is 0 Å². The summed E-state index contributed by atoms with van der Waals surface area (Å²) >= 11 is 3.38. The van der Waals surface area contributed by atoms with Crippen LogP contribution < -0.4 is 0 Å². The average molecular weight is 365 g/mol. The molecule has 2 rings (SSSR count). The number of carbonyl (C=O) groups is 2. The van der Waals surface area contributed by atoms with Gasteiger partial charge >= 0.3 is 11.9 Å². The van der Waals surface area contributed by atoms with Crippen LogP contribution in [0.1, 0.15) is 12.0 Å². The van der Waals surface area contributed by atoms with Gasteiger partial charge in [-0.1, -0.05) is 28.1 Å². The largest absolute Gasteiger partial charge is 0.481 e. The van der Waals surface area contributed by atoms with Gasteiger partial charge in [-0.25, -0.2) is 4.79 Å². The molecule has 0 spiro atoms. The fourth-order valence-corrected chi connectivity index (χ4v) is 2.30. The van der Waals surface area contributed by atoms with Gasteiger partial charge in [0.15, 0.2) is 0 Å². The molecule has 6 nitrogen and oxygen atoms in total. The number of hydrogen-bond donors (Lipinski definition) is 2. The zero-order valence-corrected chi connectivity index (χ0v) is 13.0. The Balaban J connectivity index is 2.40. The first-order valence-electron chi connectivity index (χ1n) is 6.42. The standard InChI is InChI=1S/C15H13BrN2O4/c16-12-3-1-2-10(8-12)15-11(4-5-13(19)20)9-18(17-15)7-6-14(21)22/h1-5,8-9H,6-7H2,(H,19,20)(H,21,22)/b5-4+. The quantitative estimate of drug-likeness (QED) is 0.768. The monoisotopic (exact) mass is 364 g/mol. The molecule has 0 fully saturated rings. The van der Waals surface area contributed by atoms with Crippen LogP contribution in [0.15, 0.2) is 41.0 Å². The third-order valence-electron chi connectivity index (χ3n) is 2.85. The number of carboxylic acids is 2. The minimum absolute atomic E-state index is 0.0539. The summed E-state index contributed by atoms with van der Waals surface area (Å²) in [5.41, 5.74) is 2.03. The normalized spacial score (nSPS) is 11.0. The summed E-state index contributed by atoms with van der Waals surface area (Å²) in [5.74, 6) is -1.97. The van der Waals surface area contributed by atoms with E-state index >= 15 is 0 Å². The van der Waals surface area contributed by atoms with Crippen molar-refractivity contribution in [1.82, 2.24) is 9.78 Å². The molecule has 7 heteroatoms. The predicted molar refractivity (Wildman–Crippen MR) is 84.3 cm³/mol. The molecule has 0 saturated carbocycles. The number of benzene rings is 1. The van der Waals surface area contributed by atoms with E-state index in [1.165, 1.54) is 10.8 Å². The van der Waals surface area contributed by atoms with Crippen molar-refractivity contribution in [2.45, 2.75) is 13.0 Å². The Labute approximate surface area is 134 Å². The van der Waals surface area contributed by atoms with Gasteiger partial charge in [0, 0.05) is 27.9 Å². The van der Waals surface area contributed by atoms with Gasteiger partial charge in [-0.3, -0.25) is 9.48 Å². The van der Waals surface area contributed by atoms with Crippen LogP contribution in [-0.4, -0.2) is 31.9 Å². The molecule has 0 aliphatic heterocycles. The lowest BCUT2D eigenvalue weighted by Gasteiger charge is -2.00. The lowest BCUT2D eigenvalue weighted by atomic mass is 10.1. The molecule has 0 unspecified atom stereocenters. The Morgan fingerprint density at radius 1 is 1.32 bits per heavy atom. The second kappa shape index (κ2) is 7.04. The van der Waals surface area contributed by atoms with Gasteiger partial charge in [0.25, 0.3) is 0 Å². The van der Waals surface area contributed by atoms with Crippen LogP contribution in [0.5, 0.6) is 0 Å². The zero-order chi connectivity index (χ0) is 16.1. The highest BCUT2D eigenvalue weighted by Gasteiger charge is 2.11. The Kier molecular flexibility index (Phi) is 5.11. The van der Waals surface area contributed by atoms with Gasteiger partial charge in [0.2, 0.25) is 0 Å². The van der Waals surface area contributed by atoms with Crippen LogP contribution in [-0.2, 0) is 16.1 Å². The van der Waals surface area contributed by atoms with E-state index in [4.69, 9.17) is 10.2 Å². The Morgan fingerprint density at radius 3 is 2.73 bits per heavy atom. The number of halogens is 1. The lowest BCUT2D eigenvalue weighted by molar-refractivity contribution is -0.137. The van der Waals surface area contributed by atoms with Crippen molar-refractivity contribution in [2.24, 2.45) is 0 Å². The predicted octanol–water partition coefficient (Wildman–Crippen LogP) is 2.89. The summed E-state index contributed by atoms with van der Waals surface area (Å²) in [7, 11) is 0. The number of carboxylic acid groups (broad SMARTS) is 2. The molecule has 22 heavy (non-hydrogen) atoms. The van der Waals surface area contributed by atoms with Gasteiger partial charge in [0.1, 0.15) is 0 Å². The molecule has 1 heterocycles. The van der Waals surface area contributed by atoms with Crippen molar-refractivity contribution in [3.8, 4) is 11.3 Å². The van der Waals surface area contributed by atoms with E-state index in [0.29, 0.717) is 11.3 Å². The maximum atomic E-state index is 10.7. The maximum absolute atomic E-state index is 10.7. The van der Waals surface area contributed by atoms with Gasteiger partial charge in [0.05, 0.1) is 18.7 Å². The topological polar surface area (TPSA) is 92.4 Å². The second-order valence-corrected chi connectivity index (χ2v) is 5.44. The minimum Gasteiger partial charge on any atom is -0.481 e. The first-order valence-corrected chi connectivity index (χ1v) is 7.21. The van der Waals surface area contributed by atoms with Crippen LogP contribution in [0, 0.1) is 0 Å². The lowest BCUT2D eigenvalue weighted by Crippen LogP contribution is -2.04. The molecule has 0 radical (unpaired) electrons. The molecule has 0 atom stereocenters. The van der Waals surface area contributed by atoms with Crippen molar-refractivity contribution < 1.29 is 19.8 Å². The third kappa shape index (κ3) is 4.29. The van der Waals surface area contributed by atoms with Gasteiger partial charge in [-0.05, 0) is 18.2 Å². The molecule has 2 aromatic rings. The summed E-state index contributed by atoms with van der Waals surface area (Å²) < 4.78 is 2.38. The van der Waals surface area contributed by atoms with E-state index in [-0.39, 0.29) is 13.0 Å². The van der Waals surface area contributed by atoms with Crippen molar-refractivity contribution >= 4 is 33.9 Å². The molecule has 114 valence electrons. The molecule has 0 aliphatic carbocycles. The fraction of sp³-hybridized carbons (Fsp3) is 0.133. The zero-order valence-electron chi connectivity index (χ0n) is 11.4. The molecule has 0 saturated heterocycles. The van der Waals surface area contributed by atoms with E-state index in [1.54, 1.807) is 6.20 Å². The van der Waals surface area contributed by atoms with Crippen molar-refractivity contribution in [3.05, 3.63) is 46.6 Å². The van der Waals surface area contributed by atoms with Crippen molar-refractivity contribution in [1.29, 1.82) is 0 Å². The summed E-state index contributed by atoms with van der Waals surface area (Å²) in [5, 5.41) is 21.9. The van der Waals surface area contributed by atoms with Crippen LogP contribution in [0.4, 0.5) is 0 Å². The summed E-state index contributed by atoms with van der Waals surface area (Å²) in [4.78, 5) is 21.4. The van der Waals surface area contributed by atoms with E-state index in [0.717, 1.165) is 16.1 Å². The second-order valence-electron chi connectivity index (χ2n) is 4.52. The highest BCUT2D eigenvalue weighted by molar-refractivity contribution is 9.10. The summed E-state index contributed by atoms with van der Waals surface area (Å²) in [6, 6.07) is 7.44. The van der Waals surface area contributed by atoms with Crippen LogP contribution in [0.3, 0.4) is 0 Å². The summed E-state index contributed by atoms with van der Waals surface area (Å²) in [6.45, 7) is 0.219. The first kappa shape index (κ1) is 16.0. The molecule has 1 aromatic carbocycles. The van der Waals surface area contributed by atoms with E-state index in [2.05, 4.69) is 21.0 Å². The van der Waals surface area contributed by atoms with E-state index < -0.39 is 11.9 Å². The Hall–Kier alpha value is -2.41. The third-order valence-corrected chi connectivity index (χ3v) is 3.34. The number of nitrogens with zero attached hydrogens (tertiary/aromatic N) is 2. The number of aliphatic carboxylic acids is 2. The molecular formula is C15H13BrN2O4. The van der Waals surface area contributed by atoms with Crippen molar-refractivity contribution in [3.63, 3.8) is 0 Å². The van der Waals surface area contributed by atoms with Gasteiger partial charge < -0.3 is 10.2 Å². The van der Waals surface area contributed by atoms with Crippen LogP contribution in [0.25, 0.3) is 17.3 Å². The van der Waals surface area contributed by atoms with E-state index in [1.807, 2.05) is 24.3 Å². The molecular weight excluding hydrogens is 352 g/mol. The smallest absolute Gasteiger partial charge is 0.328 e. The van der Waals surface area contributed by atoms with Crippen molar-refractivity contribution in [2.75, 3.05) is 0 Å². The molecule has 0 bridgehead atoms.